The Kier molecular flexibility index (Phi) is 5.18. The summed E-state index contributed by atoms with van der Waals surface area (Å²) in [5.41, 5.74) is 6.83. The van der Waals surface area contributed by atoms with Crippen molar-refractivity contribution in [1.29, 1.82) is 0 Å². The van der Waals surface area contributed by atoms with Crippen molar-refractivity contribution in [3.63, 3.8) is 0 Å². The van der Waals surface area contributed by atoms with Crippen molar-refractivity contribution in [3.05, 3.63) is 148 Å². The molecule has 1 atom stereocenters. The predicted molar refractivity (Wildman–Crippen MR) is 161 cm³/mol. The molecule has 198 valence electrons. The Morgan fingerprint density at radius 2 is 1.49 bits per heavy atom. The lowest BCUT2D eigenvalue weighted by atomic mass is 9.95. The zero-order valence-corrected chi connectivity index (χ0v) is 22.3. The smallest absolute Gasteiger partial charge is 0.213 e. The number of aryl methyl sites for hydroxylation is 1. The Hall–Kier alpha value is -5.43. The number of guanidine groups is 1. The number of nitrogens with zero attached hydrogens (tertiary/aromatic N) is 5. The van der Waals surface area contributed by atoms with E-state index in [9.17, 15) is 4.79 Å². The van der Waals surface area contributed by atoms with Crippen LogP contribution in [-0.4, -0.2) is 15.7 Å². The molecule has 7 nitrogen and oxygen atoms in total. The second-order valence-corrected chi connectivity index (χ2v) is 10.3. The van der Waals surface area contributed by atoms with Gasteiger partial charge in [-0.05, 0) is 48.9 Å². The normalized spacial score (nSPS) is 15.4. The minimum absolute atomic E-state index is 0.0603. The number of aliphatic imine (C=N–C) groups is 1. The second-order valence-electron chi connectivity index (χ2n) is 10.3. The van der Waals surface area contributed by atoms with Crippen molar-refractivity contribution in [2.24, 2.45) is 4.99 Å². The first-order chi connectivity index (χ1) is 20.2. The molecular formula is C34H25N5O2. The number of aromatic nitrogens is 2. The molecule has 2 aromatic heterocycles. The summed E-state index contributed by atoms with van der Waals surface area (Å²) in [6.45, 7) is 2.61. The number of hydrogen-bond donors (Lipinski definition) is 0. The summed E-state index contributed by atoms with van der Waals surface area (Å²) < 4.78 is 7.96. The first kappa shape index (κ1) is 23.5. The summed E-state index contributed by atoms with van der Waals surface area (Å²) in [4.78, 5) is 23.8. The van der Waals surface area contributed by atoms with E-state index in [1.165, 1.54) is 0 Å². The van der Waals surface area contributed by atoms with Gasteiger partial charge >= 0.3 is 0 Å². The zero-order valence-electron chi connectivity index (χ0n) is 22.3. The molecule has 4 heterocycles. The summed E-state index contributed by atoms with van der Waals surface area (Å²) in [6, 6.07) is 35.5. The largest absolute Gasteiger partial charge is 0.464 e. The van der Waals surface area contributed by atoms with Crippen molar-refractivity contribution in [3.8, 4) is 5.69 Å². The number of anilines is 2. The zero-order chi connectivity index (χ0) is 27.5. The maximum atomic E-state index is 14.1. The third-order valence-corrected chi connectivity index (χ3v) is 7.89. The number of para-hydroxylation sites is 4. The summed E-state index contributed by atoms with van der Waals surface area (Å²) in [6.07, 6.45) is 1.61. The summed E-state index contributed by atoms with van der Waals surface area (Å²) in [5, 5.41) is 5.51. The molecule has 0 saturated heterocycles. The summed E-state index contributed by atoms with van der Waals surface area (Å²) >= 11 is 0. The van der Waals surface area contributed by atoms with Gasteiger partial charge in [-0.15, -0.1) is 0 Å². The molecule has 7 heteroatoms. The first-order valence-corrected chi connectivity index (χ1v) is 13.6. The molecule has 0 spiro atoms. The minimum atomic E-state index is -0.488. The number of benzene rings is 4. The maximum Gasteiger partial charge on any atom is 0.213 e. The fourth-order valence-electron chi connectivity index (χ4n) is 6.04. The van der Waals surface area contributed by atoms with Gasteiger partial charge < -0.3 is 9.32 Å². The Balaban J connectivity index is 1.42. The van der Waals surface area contributed by atoms with Crippen molar-refractivity contribution >= 4 is 34.1 Å². The molecule has 2 aliphatic heterocycles. The first-order valence-electron chi connectivity index (χ1n) is 13.6. The molecule has 0 saturated carbocycles. The quantitative estimate of drug-likeness (QED) is 0.246. The van der Waals surface area contributed by atoms with Crippen LogP contribution in [-0.2, 0) is 6.54 Å². The van der Waals surface area contributed by atoms with Crippen molar-refractivity contribution in [1.82, 2.24) is 9.78 Å². The van der Waals surface area contributed by atoms with Gasteiger partial charge in [0, 0.05) is 5.56 Å². The van der Waals surface area contributed by atoms with E-state index in [0.29, 0.717) is 28.9 Å². The molecular weight excluding hydrogens is 510 g/mol. The lowest BCUT2D eigenvalue weighted by molar-refractivity contribution is 0.585. The topological polar surface area (TPSA) is 66.9 Å². The van der Waals surface area contributed by atoms with Gasteiger partial charge in [0.2, 0.25) is 5.96 Å². The lowest BCUT2D eigenvalue weighted by Crippen LogP contribution is -2.44. The third-order valence-electron chi connectivity index (χ3n) is 7.89. The van der Waals surface area contributed by atoms with E-state index >= 15 is 0 Å². The molecule has 0 radical (unpaired) electrons. The second kappa shape index (κ2) is 9.06. The Bertz CT molecular complexity index is 2030. The van der Waals surface area contributed by atoms with E-state index in [0.717, 1.165) is 39.8 Å². The van der Waals surface area contributed by atoms with Crippen molar-refractivity contribution in [2.75, 3.05) is 9.80 Å². The van der Waals surface area contributed by atoms with E-state index in [2.05, 4.69) is 34.1 Å². The van der Waals surface area contributed by atoms with Gasteiger partial charge in [0.05, 0.1) is 46.3 Å². The van der Waals surface area contributed by atoms with Gasteiger partial charge in [-0.2, -0.15) is 10.1 Å². The van der Waals surface area contributed by atoms with Crippen LogP contribution in [0, 0.1) is 6.92 Å². The number of rotatable bonds is 4. The van der Waals surface area contributed by atoms with Crippen LogP contribution >= 0.6 is 0 Å². The fraction of sp³-hybridized carbons (Fsp3) is 0.0882. The highest BCUT2D eigenvalue weighted by Gasteiger charge is 2.45. The lowest BCUT2D eigenvalue weighted by Gasteiger charge is -2.34. The number of hydrogen-bond acceptors (Lipinski definition) is 6. The van der Waals surface area contributed by atoms with E-state index in [-0.39, 0.29) is 5.43 Å². The SMILES string of the molecule is Cc1nn(-c2ccccc2)c2c1[C@@H](c1coc3ccccc3c1=O)N1C(=N2)N(Cc2ccccc2)c2ccccc21. The van der Waals surface area contributed by atoms with Gasteiger partial charge in [-0.25, -0.2) is 4.68 Å². The molecule has 0 N–H and O–H groups in total. The molecule has 0 fully saturated rings. The number of fused-ring (bicyclic) bond motifs is 5. The maximum absolute atomic E-state index is 14.1. The van der Waals surface area contributed by atoms with Crippen LogP contribution in [0.25, 0.3) is 16.7 Å². The molecule has 41 heavy (non-hydrogen) atoms. The van der Waals surface area contributed by atoms with E-state index in [1.807, 2.05) is 96.5 Å². The molecule has 2 aliphatic rings. The van der Waals surface area contributed by atoms with Gasteiger partial charge in [-0.3, -0.25) is 9.69 Å². The standard InChI is InChI=1S/C34H25N5O2/c1-22-30-31(26-21-41-29-19-11-8-16-25(29)32(26)40)38-28-18-10-9-17-27(28)37(20-23-12-4-2-5-13-23)34(38)35-33(30)39(36-22)24-14-6-3-7-15-24/h2-19,21,31H,20H2,1H3/t31-/m1/s1. The third kappa shape index (κ3) is 3.55. The molecule has 6 aromatic rings. The fourth-order valence-corrected chi connectivity index (χ4v) is 6.04. The molecule has 0 aliphatic carbocycles. The molecule has 4 aromatic carbocycles. The van der Waals surface area contributed by atoms with Crippen LogP contribution < -0.4 is 15.2 Å². The van der Waals surface area contributed by atoms with Crippen LogP contribution in [0.1, 0.15) is 28.4 Å². The van der Waals surface area contributed by atoms with Crippen molar-refractivity contribution in [2.45, 2.75) is 19.5 Å². The Labute approximate surface area is 236 Å². The average Bonchev–Trinajstić information content (AvgIpc) is 3.52. The Morgan fingerprint density at radius 3 is 2.29 bits per heavy atom. The van der Waals surface area contributed by atoms with Gasteiger partial charge in [0.1, 0.15) is 11.8 Å². The van der Waals surface area contributed by atoms with Crippen LogP contribution in [0.2, 0.25) is 0 Å². The van der Waals surface area contributed by atoms with Crippen molar-refractivity contribution < 1.29 is 4.42 Å². The molecule has 8 rings (SSSR count). The highest BCUT2D eigenvalue weighted by Crippen LogP contribution is 2.50. The minimum Gasteiger partial charge on any atom is -0.464 e. The molecule has 0 amide bonds. The average molecular weight is 536 g/mol. The predicted octanol–water partition coefficient (Wildman–Crippen LogP) is 6.90. The summed E-state index contributed by atoms with van der Waals surface area (Å²) in [5.74, 6) is 1.46. The highest BCUT2D eigenvalue weighted by molar-refractivity contribution is 6.18. The van der Waals surface area contributed by atoms with Crippen LogP contribution in [0.15, 0.2) is 130 Å². The van der Waals surface area contributed by atoms with Gasteiger partial charge in [0.15, 0.2) is 11.2 Å². The van der Waals surface area contributed by atoms with Gasteiger partial charge in [0.25, 0.3) is 0 Å². The summed E-state index contributed by atoms with van der Waals surface area (Å²) in [7, 11) is 0. The van der Waals surface area contributed by atoms with Crippen LogP contribution in [0.3, 0.4) is 0 Å². The van der Waals surface area contributed by atoms with E-state index in [4.69, 9.17) is 14.5 Å². The monoisotopic (exact) mass is 535 g/mol. The Morgan fingerprint density at radius 1 is 0.805 bits per heavy atom. The van der Waals surface area contributed by atoms with Crippen LogP contribution in [0.5, 0.6) is 0 Å². The van der Waals surface area contributed by atoms with E-state index < -0.39 is 6.04 Å². The van der Waals surface area contributed by atoms with Gasteiger partial charge in [-0.1, -0.05) is 72.8 Å². The molecule has 0 unspecified atom stereocenters. The van der Waals surface area contributed by atoms with E-state index in [1.54, 1.807) is 6.26 Å². The molecule has 0 bridgehead atoms. The highest BCUT2D eigenvalue weighted by atomic mass is 16.3. The van der Waals surface area contributed by atoms with Crippen LogP contribution in [0.4, 0.5) is 17.2 Å².